The Balaban J connectivity index is 2.81. The molecule has 12 heavy (non-hydrogen) atoms. The molecule has 1 aliphatic rings. The Hall–Kier alpha value is -0.900. The van der Waals surface area contributed by atoms with Crippen molar-refractivity contribution in [2.24, 2.45) is 4.99 Å². The van der Waals surface area contributed by atoms with Crippen LogP contribution in [0.25, 0.3) is 0 Å². The highest BCUT2D eigenvalue weighted by Crippen LogP contribution is 2.18. The number of allylic oxidation sites excluding steroid dienone is 1. The van der Waals surface area contributed by atoms with Crippen LogP contribution < -0.4 is 0 Å². The zero-order valence-corrected chi connectivity index (χ0v) is 7.08. The highest BCUT2D eigenvalue weighted by atomic mass is 35.5. The molecule has 2 atom stereocenters. The first-order valence-corrected chi connectivity index (χ1v) is 3.70. The van der Waals surface area contributed by atoms with Gasteiger partial charge in [0.2, 0.25) is 0 Å². The minimum Gasteiger partial charge on any atom is -0.466 e. The summed E-state index contributed by atoms with van der Waals surface area (Å²) in [7, 11) is 1.21. The summed E-state index contributed by atoms with van der Waals surface area (Å²) in [6.07, 6.45) is 0.787. The Labute approximate surface area is 73.9 Å². The van der Waals surface area contributed by atoms with Gasteiger partial charge < -0.3 is 4.74 Å². The molecule has 0 saturated heterocycles. The number of nitrogens with zero attached hydrogens (tertiary/aromatic N) is 1. The van der Waals surface area contributed by atoms with Gasteiger partial charge in [-0.2, -0.15) is 0 Å². The maximum absolute atomic E-state index is 12.6. The highest BCUT2D eigenvalue weighted by molar-refractivity contribution is 6.25. The molecule has 0 amide bonds. The van der Waals surface area contributed by atoms with Gasteiger partial charge in [0, 0.05) is 6.21 Å². The predicted molar refractivity (Wildman–Crippen MR) is 43.1 cm³/mol. The zero-order valence-electron chi connectivity index (χ0n) is 6.33. The number of rotatable bonds is 1. The van der Waals surface area contributed by atoms with Gasteiger partial charge in [0.15, 0.2) is 11.7 Å². The minimum absolute atomic E-state index is 0.0502. The molecule has 1 aliphatic heterocycles. The predicted octanol–water partition coefficient (Wildman–Crippen LogP) is 1.07. The van der Waals surface area contributed by atoms with Crippen molar-refractivity contribution in [3.05, 3.63) is 11.6 Å². The van der Waals surface area contributed by atoms with Gasteiger partial charge >= 0.3 is 5.97 Å². The van der Waals surface area contributed by atoms with Gasteiger partial charge in [-0.05, 0) is 6.08 Å². The van der Waals surface area contributed by atoms with Crippen molar-refractivity contribution in [3.8, 4) is 0 Å². The molecule has 0 fully saturated rings. The lowest BCUT2D eigenvalue weighted by Gasteiger charge is -2.12. The van der Waals surface area contributed by atoms with E-state index < -0.39 is 17.6 Å². The van der Waals surface area contributed by atoms with Crippen LogP contribution in [0.2, 0.25) is 0 Å². The Morgan fingerprint density at radius 3 is 3.08 bits per heavy atom. The van der Waals surface area contributed by atoms with E-state index in [4.69, 9.17) is 11.6 Å². The molecule has 0 aromatic carbocycles. The molecule has 1 rings (SSSR count). The molecular formula is C7H7ClFNO2. The van der Waals surface area contributed by atoms with Crippen LogP contribution >= 0.6 is 11.6 Å². The van der Waals surface area contributed by atoms with Crippen LogP contribution in [0.5, 0.6) is 0 Å². The third-order valence-electron chi connectivity index (χ3n) is 1.38. The molecule has 66 valence electrons. The van der Waals surface area contributed by atoms with E-state index in [2.05, 4.69) is 9.73 Å². The average molecular weight is 192 g/mol. The Morgan fingerprint density at radius 2 is 2.50 bits per heavy atom. The maximum Gasteiger partial charge on any atom is 0.336 e. The van der Waals surface area contributed by atoms with E-state index in [0.29, 0.717) is 0 Å². The molecule has 0 spiro atoms. The molecule has 0 N–H and O–H groups in total. The van der Waals surface area contributed by atoms with Gasteiger partial charge in [-0.15, -0.1) is 0 Å². The van der Waals surface area contributed by atoms with E-state index in [1.54, 1.807) is 0 Å². The van der Waals surface area contributed by atoms with E-state index in [1.165, 1.54) is 7.11 Å². The van der Waals surface area contributed by atoms with Crippen molar-refractivity contribution in [1.82, 2.24) is 0 Å². The van der Waals surface area contributed by atoms with Crippen molar-refractivity contribution >= 4 is 23.8 Å². The van der Waals surface area contributed by atoms with E-state index in [-0.39, 0.29) is 5.57 Å². The lowest BCUT2D eigenvalue weighted by atomic mass is 10.1. The summed E-state index contributed by atoms with van der Waals surface area (Å²) < 4.78 is 17.0. The van der Waals surface area contributed by atoms with Gasteiger partial charge in [-0.1, -0.05) is 11.6 Å². The van der Waals surface area contributed by atoms with E-state index >= 15 is 0 Å². The van der Waals surface area contributed by atoms with Crippen LogP contribution in [0.1, 0.15) is 0 Å². The topological polar surface area (TPSA) is 38.7 Å². The van der Waals surface area contributed by atoms with Crippen molar-refractivity contribution in [3.63, 3.8) is 0 Å². The lowest BCUT2D eigenvalue weighted by Crippen LogP contribution is -2.20. The maximum atomic E-state index is 12.6. The largest absolute Gasteiger partial charge is 0.466 e. The van der Waals surface area contributed by atoms with Crippen molar-refractivity contribution in [1.29, 1.82) is 0 Å². The number of hydrogen-bond donors (Lipinski definition) is 0. The third kappa shape index (κ3) is 1.82. The minimum atomic E-state index is -1.35. The molecule has 0 saturated carbocycles. The molecule has 3 nitrogen and oxygen atoms in total. The third-order valence-corrected chi connectivity index (χ3v) is 1.72. The van der Waals surface area contributed by atoms with E-state index in [1.807, 2.05) is 0 Å². The van der Waals surface area contributed by atoms with Gasteiger partial charge in [-0.25, -0.2) is 9.18 Å². The summed E-state index contributed by atoms with van der Waals surface area (Å²) in [6.45, 7) is 0. The standard InChI is InChI=1S/C7H7ClFNO2/c1-12-7(11)5-2-4(9)3-10-6(5)8/h2-4,6H,1H3. The summed E-state index contributed by atoms with van der Waals surface area (Å²) in [5.41, 5.74) is -0.779. The van der Waals surface area contributed by atoms with E-state index in [9.17, 15) is 9.18 Å². The fraction of sp³-hybridized carbons (Fsp3) is 0.429. The molecule has 2 unspecified atom stereocenters. The second-order valence-corrected chi connectivity index (χ2v) is 2.61. The molecule has 0 radical (unpaired) electrons. The molecule has 0 aromatic heterocycles. The molecule has 1 heterocycles. The van der Waals surface area contributed by atoms with Crippen LogP contribution in [0.15, 0.2) is 16.6 Å². The van der Waals surface area contributed by atoms with Crippen molar-refractivity contribution in [2.45, 2.75) is 11.7 Å². The molecular weight excluding hydrogens is 185 g/mol. The number of aliphatic imine (C=N–C) groups is 1. The van der Waals surface area contributed by atoms with Gasteiger partial charge in [-0.3, -0.25) is 4.99 Å². The van der Waals surface area contributed by atoms with Crippen LogP contribution in [0.4, 0.5) is 4.39 Å². The number of esters is 1. The smallest absolute Gasteiger partial charge is 0.336 e. The number of ether oxygens (including phenoxy) is 1. The summed E-state index contributed by atoms with van der Waals surface area (Å²) in [5.74, 6) is -0.644. The Kier molecular flexibility index (Phi) is 2.81. The first-order valence-electron chi connectivity index (χ1n) is 3.26. The number of carbonyl (C=O) groups is 1. The number of hydrogen-bond acceptors (Lipinski definition) is 3. The van der Waals surface area contributed by atoms with Crippen LogP contribution in [-0.4, -0.2) is 31.0 Å². The summed E-state index contributed by atoms with van der Waals surface area (Å²) in [5, 5.41) is 0. The fourth-order valence-corrected chi connectivity index (χ4v) is 1.04. The van der Waals surface area contributed by atoms with Gasteiger partial charge in [0.05, 0.1) is 12.7 Å². The summed E-state index contributed by atoms with van der Waals surface area (Å²) >= 11 is 5.59. The lowest BCUT2D eigenvalue weighted by molar-refractivity contribution is -0.136. The first kappa shape index (κ1) is 9.19. The van der Waals surface area contributed by atoms with Crippen LogP contribution in [0.3, 0.4) is 0 Å². The number of dihydropyridines is 1. The van der Waals surface area contributed by atoms with E-state index in [0.717, 1.165) is 12.3 Å². The number of halogens is 2. The van der Waals surface area contributed by atoms with Crippen molar-refractivity contribution < 1.29 is 13.9 Å². The summed E-state index contributed by atoms with van der Waals surface area (Å²) in [4.78, 5) is 14.5. The van der Waals surface area contributed by atoms with Gasteiger partial charge in [0.1, 0.15) is 0 Å². The SMILES string of the molecule is COC(=O)C1=CC(F)C=NC1Cl. The van der Waals surface area contributed by atoms with Crippen molar-refractivity contribution in [2.75, 3.05) is 7.11 Å². The Morgan fingerprint density at radius 1 is 1.83 bits per heavy atom. The molecule has 0 bridgehead atoms. The number of carbonyl (C=O) groups excluding carboxylic acids is 1. The normalized spacial score (nSPS) is 28.1. The molecule has 0 aliphatic carbocycles. The quantitative estimate of drug-likeness (QED) is 0.353. The summed E-state index contributed by atoms with van der Waals surface area (Å²) in [6, 6.07) is 0. The monoisotopic (exact) mass is 191 g/mol. The molecule has 0 aromatic rings. The number of alkyl halides is 2. The highest BCUT2D eigenvalue weighted by Gasteiger charge is 2.23. The second kappa shape index (κ2) is 3.67. The zero-order chi connectivity index (χ0) is 9.14. The fourth-order valence-electron chi connectivity index (χ4n) is 0.815. The average Bonchev–Trinajstić information content (AvgIpc) is 2.08. The van der Waals surface area contributed by atoms with Gasteiger partial charge in [0.25, 0.3) is 0 Å². The Bertz CT molecular complexity index is 252. The number of methoxy groups -OCH3 is 1. The second-order valence-electron chi connectivity index (χ2n) is 2.19. The first-order chi connectivity index (χ1) is 5.65. The van der Waals surface area contributed by atoms with Crippen LogP contribution in [-0.2, 0) is 9.53 Å². The molecule has 5 heteroatoms. The van der Waals surface area contributed by atoms with Crippen LogP contribution in [0, 0.1) is 0 Å².